The largest absolute Gasteiger partial charge is 0.496 e. The molecule has 0 aliphatic carbocycles. The average molecular weight is 365 g/mol. The lowest BCUT2D eigenvalue weighted by molar-refractivity contribution is -0.117. The van der Waals surface area contributed by atoms with Gasteiger partial charge in [0.15, 0.2) is 11.5 Å². The summed E-state index contributed by atoms with van der Waals surface area (Å²) >= 11 is 0. The lowest BCUT2D eigenvalue weighted by Gasteiger charge is -2.08. The number of nitrogens with one attached hydrogen (secondary N) is 2. The van der Waals surface area contributed by atoms with Crippen molar-refractivity contribution in [3.63, 3.8) is 0 Å². The summed E-state index contributed by atoms with van der Waals surface area (Å²) in [6.45, 7) is 0.913. The van der Waals surface area contributed by atoms with Gasteiger partial charge in [-0.2, -0.15) is 5.26 Å². The Morgan fingerprint density at radius 3 is 2.85 bits per heavy atom. The molecule has 0 fully saturated rings. The first-order valence-electron chi connectivity index (χ1n) is 8.33. The van der Waals surface area contributed by atoms with Crippen LogP contribution in [0.2, 0.25) is 0 Å². The molecule has 138 valence electrons. The topological polar surface area (TPSA) is 92.6 Å². The van der Waals surface area contributed by atoms with E-state index in [1.165, 1.54) is 6.20 Å². The van der Waals surface area contributed by atoms with Crippen LogP contribution in [0.1, 0.15) is 11.1 Å². The van der Waals surface area contributed by atoms with Gasteiger partial charge >= 0.3 is 0 Å². The molecular formula is C20H19N3O4. The molecule has 7 heteroatoms. The zero-order valence-electron chi connectivity index (χ0n) is 14.8. The number of rotatable bonds is 7. The number of hydrogen-bond donors (Lipinski definition) is 2. The highest BCUT2D eigenvalue weighted by Gasteiger charge is 2.14. The first-order chi connectivity index (χ1) is 13.2. The molecule has 0 spiro atoms. The quantitative estimate of drug-likeness (QED) is 0.577. The van der Waals surface area contributed by atoms with Gasteiger partial charge in [-0.25, -0.2) is 0 Å². The Hall–Kier alpha value is -3.66. The molecule has 1 heterocycles. The van der Waals surface area contributed by atoms with Gasteiger partial charge in [0.25, 0.3) is 5.91 Å². The summed E-state index contributed by atoms with van der Waals surface area (Å²) in [4.78, 5) is 12.2. The van der Waals surface area contributed by atoms with E-state index in [0.717, 1.165) is 16.9 Å². The number of hydrogen-bond acceptors (Lipinski definition) is 6. The molecule has 2 aromatic carbocycles. The third-order valence-electron chi connectivity index (χ3n) is 3.99. The van der Waals surface area contributed by atoms with Crippen molar-refractivity contribution in [2.24, 2.45) is 0 Å². The number of ether oxygens (including phenoxy) is 3. The van der Waals surface area contributed by atoms with E-state index in [1.54, 1.807) is 19.2 Å². The molecule has 0 atom stereocenters. The van der Waals surface area contributed by atoms with Crippen molar-refractivity contribution in [3.8, 4) is 23.3 Å². The Morgan fingerprint density at radius 2 is 2.04 bits per heavy atom. The zero-order chi connectivity index (χ0) is 19.1. The SMILES string of the molecule is COc1ccccc1CN/C=C(/C#N)C(=O)NCc1ccc2c(c1)OCO2. The van der Waals surface area contributed by atoms with Crippen molar-refractivity contribution >= 4 is 5.91 Å². The lowest BCUT2D eigenvalue weighted by Crippen LogP contribution is -2.25. The first kappa shape index (κ1) is 18.1. The van der Waals surface area contributed by atoms with Crippen molar-refractivity contribution in [2.75, 3.05) is 13.9 Å². The fourth-order valence-electron chi connectivity index (χ4n) is 2.59. The fourth-order valence-corrected chi connectivity index (χ4v) is 2.59. The van der Waals surface area contributed by atoms with Gasteiger partial charge in [0.1, 0.15) is 17.4 Å². The molecule has 0 saturated heterocycles. The Kier molecular flexibility index (Phi) is 5.80. The molecule has 0 radical (unpaired) electrons. The van der Waals surface area contributed by atoms with E-state index in [4.69, 9.17) is 14.2 Å². The van der Waals surface area contributed by atoms with Gasteiger partial charge in [-0.1, -0.05) is 24.3 Å². The van der Waals surface area contributed by atoms with Crippen molar-refractivity contribution in [2.45, 2.75) is 13.1 Å². The van der Waals surface area contributed by atoms with Gasteiger partial charge in [-0.15, -0.1) is 0 Å². The van der Waals surface area contributed by atoms with Crippen LogP contribution in [0, 0.1) is 11.3 Å². The molecular weight excluding hydrogens is 346 g/mol. The number of fused-ring (bicyclic) bond motifs is 1. The number of methoxy groups -OCH3 is 1. The molecule has 1 aliphatic heterocycles. The van der Waals surface area contributed by atoms with Crippen molar-refractivity contribution in [1.82, 2.24) is 10.6 Å². The highest BCUT2D eigenvalue weighted by Crippen LogP contribution is 2.32. The van der Waals surface area contributed by atoms with E-state index in [1.807, 2.05) is 36.4 Å². The molecule has 1 amide bonds. The Balaban J connectivity index is 1.55. The number of nitrogens with zero attached hydrogens (tertiary/aromatic N) is 1. The van der Waals surface area contributed by atoms with Crippen molar-refractivity contribution < 1.29 is 19.0 Å². The molecule has 0 bridgehead atoms. The average Bonchev–Trinajstić information content (AvgIpc) is 3.17. The molecule has 3 rings (SSSR count). The number of para-hydroxylation sites is 1. The molecule has 1 aliphatic rings. The summed E-state index contributed by atoms with van der Waals surface area (Å²) in [5, 5.41) is 14.9. The number of carbonyl (C=O) groups is 1. The molecule has 0 aromatic heterocycles. The van der Waals surface area contributed by atoms with Gasteiger partial charge in [0.05, 0.1) is 7.11 Å². The number of carbonyl (C=O) groups excluding carboxylic acids is 1. The Labute approximate surface area is 157 Å². The first-order valence-corrected chi connectivity index (χ1v) is 8.33. The third-order valence-corrected chi connectivity index (χ3v) is 3.99. The highest BCUT2D eigenvalue weighted by atomic mass is 16.7. The van der Waals surface area contributed by atoms with Crippen LogP contribution in [-0.4, -0.2) is 19.8 Å². The number of benzene rings is 2. The fraction of sp³-hybridized carbons (Fsp3) is 0.200. The second-order valence-electron chi connectivity index (χ2n) is 5.73. The number of amides is 1. The predicted octanol–water partition coefficient (Wildman–Crippen LogP) is 2.24. The van der Waals surface area contributed by atoms with Crippen LogP contribution < -0.4 is 24.8 Å². The van der Waals surface area contributed by atoms with Crippen LogP contribution >= 0.6 is 0 Å². The molecule has 2 N–H and O–H groups in total. The molecule has 2 aromatic rings. The van der Waals surface area contributed by atoms with Crippen LogP contribution in [0.15, 0.2) is 54.2 Å². The predicted molar refractivity (Wildman–Crippen MR) is 97.9 cm³/mol. The zero-order valence-corrected chi connectivity index (χ0v) is 14.8. The summed E-state index contributed by atoms with van der Waals surface area (Å²) in [5.74, 6) is 1.62. The number of nitriles is 1. The van der Waals surface area contributed by atoms with Crippen LogP contribution in [0.25, 0.3) is 0 Å². The summed E-state index contributed by atoms with van der Waals surface area (Å²) in [5.41, 5.74) is 1.77. The van der Waals surface area contributed by atoms with E-state index in [-0.39, 0.29) is 18.9 Å². The van der Waals surface area contributed by atoms with E-state index in [2.05, 4.69) is 10.6 Å². The van der Waals surface area contributed by atoms with E-state index in [0.29, 0.717) is 18.0 Å². The molecule has 7 nitrogen and oxygen atoms in total. The Morgan fingerprint density at radius 1 is 1.22 bits per heavy atom. The normalized spacial score (nSPS) is 12.2. The minimum atomic E-state index is -0.456. The van der Waals surface area contributed by atoms with Crippen LogP contribution in [-0.2, 0) is 17.9 Å². The summed E-state index contributed by atoms with van der Waals surface area (Å²) in [6, 6.07) is 14.9. The van der Waals surface area contributed by atoms with Gasteiger partial charge in [-0.3, -0.25) is 4.79 Å². The lowest BCUT2D eigenvalue weighted by atomic mass is 10.2. The van der Waals surface area contributed by atoms with Crippen LogP contribution in [0.3, 0.4) is 0 Å². The maximum atomic E-state index is 12.2. The minimum absolute atomic E-state index is 0.00867. The van der Waals surface area contributed by atoms with Crippen molar-refractivity contribution in [3.05, 3.63) is 65.4 Å². The highest BCUT2D eigenvalue weighted by molar-refractivity contribution is 5.97. The molecule has 27 heavy (non-hydrogen) atoms. The second-order valence-corrected chi connectivity index (χ2v) is 5.73. The summed E-state index contributed by atoms with van der Waals surface area (Å²) < 4.78 is 15.8. The standard InChI is InChI=1S/C20H19N3O4/c1-25-17-5-3-2-4-15(17)11-22-12-16(9-21)20(24)23-10-14-6-7-18-19(8-14)27-13-26-18/h2-8,12,22H,10-11,13H2,1H3,(H,23,24)/b16-12-. The van der Waals surface area contributed by atoms with E-state index in [9.17, 15) is 10.1 Å². The molecule has 0 unspecified atom stereocenters. The monoisotopic (exact) mass is 365 g/mol. The maximum absolute atomic E-state index is 12.2. The van der Waals surface area contributed by atoms with Gasteiger partial charge < -0.3 is 24.8 Å². The Bertz CT molecular complexity index is 902. The summed E-state index contributed by atoms with van der Waals surface area (Å²) in [7, 11) is 1.60. The minimum Gasteiger partial charge on any atom is -0.496 e. The van der Waals surface area contributed by atoms with Crippen LogP contribution in [0.5, 0.6) is 17.2 Å². The van der Waals surface area contributed by atoms with Crippen molar-refractivity contribution in [1.29, 1.82) is 5.26 Å². The van der Waals surface area contributed by atoms with Gasteiger partial charge in [0, 0.05) is 24.9 Å². The van der Waals surface area contributed by atoms with E-state index < -0.39 is 5.91 Å². The third kappa shape index (κ3) is 4.50. The van der Waals surface area contributed by atoms with Gasteiger partial charge in [0.2, 0.25) is 6.79 Å². The van der Waals surface area contributed by atoms with E-state index >= 15 is 0 Å². The maximum Gasteiger partial charge on any atom is 0.263 e. The molecule has 0 saturated carbocycles. The second kappa shape index (κ2) is 8.63. The van der Waals surface area contributed by atoms with Gasteiger partial charge in [-0.05, 0) is 23.8 Å². The smallest absolute Gasteiger partial charge is 0.263 e. The van der Waals surface area contributed by atoms with Crippen LogP contribution in [0.4, 0.5) is 0 Å². The summed E-state index contributed by atoms with van der Waals surface area (Å²) in [6.07, 6.45) is 1.40.